The van der Waals surface area contributed by atoms with E-state index in [9.17, 15) is 4.39 Å². The Labute approximate surface area is 182 Å². The van der Waals surface area contributed by atoms with Gasteiger partial charge in [-0.2, -0.15) is 5.10 Å². The number of hydrogen-bond donors (Lipinski definition) is 2. The number of ether oxygens (including phenoxy) is 1. The highest BCUT2D eigenvalue weighted by Gasteiger charge is 2.38. The molecule has 1 aromatic carbocycles. The van der Waals surface area contributed by atoms with Crippen LogP contribution in [0.15, 0.2) is 42.7 Å². The lowest BCUT2D eigenvalue weighted by atomic mass is 9.81. The van der Waals surface area contributed by atoms with E-state index in [0.29, 0.717) is 17.1 Å². The molecule has 0 spiro atoms. The Morgan fingerprint density at radius 2 is 1.73 bits per heavy atom. The number of aromatic nitrogens is 4. The molecule has 4 rings (SSSR count). The average Bonchev–Trinajstić information content (AvgIpc) is 3.14. The monoisotopic (exact) mass is 431 g/mol. The molecule has 160 valence electrons. The summed E-state index contributed by atoms with van der Waals surface area (Å²) >= 11 is 0. The minimum Gasteiger partial charge on any atom is -0.473 e. The molecule has 0 radical (unpaired) electrons. The molecule has 3 aromatic rings. The summed E-state index contributed by atoms with van der Waals surface area (Å²) in [4.78, 5) is 0. The number of halogens is 2. The van der Waals surface area contributed by atoms with Crippen molar-refractivity contribution in [3.05, 3.63) is 48.5 Å². The molecule has 0 bridgehead atoms. The summed E-state index contributed by atoms with van der Waals surface area (Å²) in [6.07, 6.45) is 5.19. The SMILES string of the molecule is CC1(C)CC(Oc2ccc(-c3ccc(-c4cn[nH]c4)cc3F)nn2)CC(C)(C)N1.Cl. The van der Waals surface area contributed by atoms with E-state index in [1.54, 1.807) is 30.6 Å². The highest BCUT2D eigenvalue weighted by molar-refractivity contribution is 5.85. The fourth-order valence-electron chi connectivity index (χ4n) is 4.32. The molecule has 0 saturated carbocycles. The van der Waals surface area contributed by atoms with Crippen molar-refractivity contribution in [3.63, 3.8) is 0 Å². The molecule has 1 aliphatic heterocycles. The number of aromatic amines is 1. The first-order valence-electron chi connectivity index (χ1n) is 9.80. The summed E-state index contributed by atoms with van der Waals surface area (Å²) in [5.41, 5.74) is 2.43. The van der Waals surface area contributed by atoms with Crippen molar-refractivity contribution < 1.29 is 9.13 Å². The normalized spacial score (nSPS) is 17.9. The van der Waals surface area contributed by atoms with Crippen LogP contribution in [0.4, 0.5) is 4.39 Å². The number of H-pyrrole nitrogens is 1. The largest absolute Gasteiger partial charge is 0.473 e. The van der Waals surface area contributed by atoms with Crippen LogP contribution in [0.5, 0.6) is 5.88 Å². The second kappa shape index (κ2) is 8.32. The highest BCUT2D eigenvalue weighted by atomic mass is 35.5. The van der Waals surface area contributed by atoms with Gasteiger partial charge < -0.3 is 10.1 Å². The topological polar surface area (TPSA) is 75.7 Å². The molecule has 2 aromatic heterocycles. The third kappa shape index (κ3) is 4.96. The van der Waals surface area contributed by atoms with Crippen LogP contribution in [0.3, 0.4) is 0 Å². The van der Waals surface area contributed by atoms with E-state index < -0.39 is 0 Å². The molecule has 30 heavy (non-hydrogen) atoms. The van der Waals surface area contributed by atoms with Crippen molar-refractivity contribution in [2.24, 2.45) is 0 Å². The van der Waals surface area contributed by atoms with E-state index in [4.69, 9.17) is 4.74 Å². The molecule has 0 unspecified atom stereocenters. The van der Waals surface area contributed by atoms with Crippen molar-refractivity contribution in [3.8, 4) is 28.3 Å². The molecular weight excluding hydrogens is 405 g/mol. The Kier molecular flexibility index (Phi) is 6.15. The van der Waals surface area contributed by atoms with Gasteiger partial charge in [-0.25, -0.2) is 4.39 Å². The van der Waals surface area contributed by atoms with Crippen LogP contribution in [0, 0.1) is 5.82 Å². The average molecular weight is 432 g/mol. The smallest absolute Gasteiger partial charge is 0.233 e. The fourth-order valence-corrected chi connectivity index (χ4v) is 4.32. The van der Waals surface area contributed by atoms with E-state index in [1.165, 1.54) is 6.07 Å². The van der Waals surface area contributed by atoms with E-state index in [-0.39, 0.29) is 35.4 Å². The van der Waals surface area contributed by atoms with Gasteiger partial charge in [0.15, 0.2) is 0 Å². The molecule has 1 aliphatic rings. The Balaban J connectivity index is 0.00000256. The second-order valence-electron chi connectivity index (χ2n) is 8.98. The highest BCUT2D eigenvalue weighted by Crippen LogP contribution is 2.31. The Morgan fingerprint density at radius 1 is 1.00 bits per heavy atom. The van der Waals surface area contributed by atoms with Gasteiger partial charge in [0.1, 0.15) is 11.9 Å². The van der Waals surface area contributed by atoms with Gasteiger partial charge in [0.05, 0.1) is 11.9 Å². The maximum absolute atomic E-state index is 14.6. The third-order valence-corrected chi connectivity index (χ3v) is 5.16. The molecule has 0 amide bonds. The molecule has 6 nitrogen and oxygen atoms in total. The first kappa shape index (κ1) is 22.2. The number of nitrogens with one attached hydrogen (secondary N) is 2. The van der Waals surface area contributed by atoms with Crippen LogP contribution < -0.4 is 10.1 Å². The van der Waals surface area contributed by atoms with Gasteiger partial charge in [-0.3, -0.25) is 5.10 Å². The van der Waals surface area contributed by atoms with Crippen LogP contribution in [0.2, 0.25) is 0 Å². The van der Waals surface area contributed by atoms with E-state index in [2.05, 4.69) is 53.4 Å². The van der Waals surface area contributed by atoms with Crippen molar-refractivity contribution in [1.29, 1.82) is 0 Å². The molecule has 2 N–H and O–H groups in total. The van der Waals surface area contributed by atoms with Gasteiger partial charge in [0.25, 0.3) is 0 Å². The number of nitrogens with zero attached hydrogens (tertiary/aromatic N) is 3. The predicted molar refractivity (Wildman–Crippen MR) is 117 cm³/mol. The van der Waals surface area contributed by atoms with Crippen LogP contribution in [-0.2, 0) is 0 Å². The number of hydrogen-bond acceptors (Lipinski definition) is 5. The molecule has 8 heteroatoms. The van der Waals surface area contributed by atoms with Gasteiger partial charge in [0.2, 0.25) is 5.88 Å². The summed E-state index contributed by atoms with van der Waals surface area (Å²) in [6, 6.07) is 8.53. The van der Waals surface area contributed by atoms with E-state index in [1.807, 2.05) is 6.07 Å². The van der Waals surface area contributed by atoms with Crippen molar-refractivity contribution in [2.75, 3.05) is 0 Å². The predicted octanol–water partition coefficient (Wildman–Crippen LogP) is 4.78. The van der Waals surface area contributed by atoms with Crippen LogP contribution in [0.25, 0.3) is 22.4 Å². The quantitative estimate of drug-likeness (QED) is 0.621. The maximum atomic E-state index is 14.6. The summed E-state index contributed by atoms with van der Waals surface area (Å²) in [6.45, 7) is 8.70. The van der Waals surface area contributed by atoms with Crippen molar-refractivity contribution in [2.45, 2.75) is 57.7 Å². The van der Waals surface area contributed by atoms with Crippen molar-refractivity contribution >= 4 is 12.4 Å². The second-order valence-corrected chi connectivity index (χ2v) is 8.98. The lowest BCUT2D eigenvalue weighted by Gasteiger charge is -2.46. The Morgan fingerprint density at radius 3 is 2.30 bits per heavy atom. The molecule has 1 fully saturated rings. The van der Waals surface area contributed by atoms with E-state index in [0.717, 1.165) is 24.0 Å². The lowest BCUT2D eigenvalue weighted by molar-refractivity contribution is 0.0524. The zero-order valence-electron chi connectivity index (χ0n) is 17.6. The lowest BCUT2D eigenvalue weighted by Crippen LogP contribution is -2.60. The van der Waals surface area contributed by atoms with Crippen molar-refractivity contribution in [1.82, 2.24) is 25.7 Å². The first-order valence-corrected chi connectivity index (χ1v) is 9.80. The molecule has 1 saturated heterocycles. The number of rotatable bonds is 4. The van der Waals surface area contributed by atoms with Crippen LogP contribution in [-0.4, -0.2) is 37.6 Å². The Bertz CT molecular complexity index is 973. The van der Waals surface area contributed by atoms with Crippen LogP contribution >= 0.6 is 12.4 Å². The minimum atomic E-state index is -0.353. The maximum Gasteiger partial charge on any atom is 0.233 e. The third-order valence-electron chi connectivity index (χ3n) is 5.16. The van der Waals surface area contributed by atoms with Gasteiger partial charge >= 0.3 is 0 Å². The summed E-state index contributed by atoms with van der Waals surface area (Å²) in [5.74, 6) is 0.108. The summed E-state index contributed by atoms with van der Waals surface area (Å²) < 4.78 is 20.7. The first-order chi connectivity index (χ1) is 13.7. The summed E-state index contributed by atoms with van der Waals surface area (Å²) in [5, 5.41) is 18.6. The molecular formula is C22H27ClFN5O. The zero-order chi connectivity index (χ0) is 20.6. The molecule has 0 atom stereocenters. The minimum absolute atomic E-state index is 0. The van der Waals surface area contributed by atoms with Gasteiger partial charge in [0, 0.05) is 47.3 Å². The Hall–Kier alpha value is -2.51. The molecule has 0 aliphatic carbocycles. The van der Waals surface area contributed by atoms with E-state index >= 15 is 0 Å². The zero-order valence-corrected chi connectivity index (χ0v) is 18.4. The van der Waals surface area contributed by atoms with Gasteiger partial charge in [-0.15, -0.1) is 22.6 Å². The van der Waals surface area contributed by atoms with Gasteiger partial charge in [-0.1, -0.05) is 6.07 Å². The molecule has 3 heterocycles. The number of piperidine rings is 1. The van der Waals surface area contributed by atoms with Gasteiger partial charge in [-0.05, 0) is 51.5 Å². The number of benzene rings is 1. The fraction of sp³-hybridized carbons (Fsp3) is 0.409. The summed E-state index contributed by atoms with van der Waals surface area (Å²) in [7, 11) is 0. The standard InChI is InChI=1S/C22H26FN5O.ClH/c1-21(2)10-16(11-22(3,4)28-21)29-20-8-7-19(26-27-20)17-6-5-14(9-18(17)23)15-12-24-25-13-15;/h5-9,12-13,16,28H,10-11H2,1-4H3,(H,24,25);1H. The van der Waals surface area contributed by atoms with Crippen LogP contribution in [0.1, 0.15) is 40.5 Å².